The summed E-state index contributed by atoms with van der Waals surface area (Å²) >= 11 is 0. The van der Waals surface area contributed by atoms with Crippen molar-refractivity contribution in [2.24, 2.45) is 5.92 Å². The third-order valence-corrected chi connectivity index (χ3v) is 4.56. The molecule has 1 fully saturated rings. The fourth-order valence-electron chi connectivity index (χ4n) is 2.86. The van der Waals surface area contributed by atoms with E-state index >= 15 is 0 Å². The van der Waals surface area contributed by atoms with Crippen LogP contribution < -0.4 is 4.74 Å². The molecule has 0 saturated carbocycles. The Balaban J connectivity index is 1.89. The lowest BCUT2D eigenvalue weighted by molar-refractivity contribution is -0.136. The van der Waals surface area contributed by atoms with E-state index in [4.69, 9.17) is 4.74 Å². The maximum absolute atomic E-state index is 12.4. The monoisotopic (exact) mass is 332 g/mol. The van der Waals surface area contributed by atoms with E-state index in [1.165, 1.54) is 0 Å². The summed E-state index contributed by atoms with van der Waals surface area (Å²) in [6.45, 7) is 10.5. The van der Waals surface area contributed by atoms with Crippen molar-refractivity contribution in [1.82, 2.24) is 9.80 Å². The van der Waals surface area contributed by atoms with Gasteiger partial charge in [-0.3, -0.25) is 9.59 Å². The number of amides is 2. The molecule has 24 heavy (non-hydrogen) atoms. The van der Waals surface area contributed by atoms with Crippen LogP contribution in [0.4, 0.5) is 0 Å². The van der Waals surface area contributed by atoms with E-state index in [1.54, 1.807) is 4.90 Å². The van der Waals surface area contributed by atoms with Gasteiger partial charge in [-0.25, -0.2) is 0 Å². The smallest absolute Gasteiger partial charge is 0.260 e. The second kappa shape index (κ2) is 8.18. The Labute approximate surface area is 144 Å². The first-order valence-corrected chi connectivity index (χ1v) is 8.65. The van der Waals surface area contributed by atoms with Gasteiger partial charge < -0.3 is 14.5 Å². The summed E-state index contributed by atoms with van der Waals surface area (Å²) in [7, 11) is 0. The van der Waals surface area contributed by atoms with E-state index in [2.05, 4.69) is 0 Å². The van der Waals surface area contributed by atoms with Gasteiger partial charge in [0.2, 0.25) is 5.91 Å². The zero-order valence-electron chi connectivity index (χ0n) is 15.2. The number of rotatable bonds is 4. The molecule has 0 radical (unpaired) electrons. The van der Waals surface area contributed by atoms with Crippen LogP contribution >= 0.6 is 0 Å². The summed E-state index contributed by atoms with van der Waals surface area (Å²) in [6.07, 6.45) is 0.813. The molecule has 0 aliphatic carbocycles. The van der Waals surface area contributed by atoms with E-state index in [9.17, 15) is 9.59 Å². The van der Waals surface area contributed by atoms with Crippen LogP contribution in [0, 0.1) is 19.8 Å². The average molecular weight is 332 g/mol. The van der Waals surface area contributed by atoms with Crippen LogP contribution in [0.15, 0.2) is 18.2 Å². The lowest BCUT2D eigenvalue weighted by atomic mass is 10.1. The standard InChI is InChI=1S/C19H28N2O3/c1-14(2)19(23)21-10-6-9-20(11-12-21)18(22)13-24-17-8-5-7-15(3)16(17)4/h5,7-8,14H,6,9-13H2,1-4H3. The van der Waals surface area contributed by atoms with Crippen LogP contribution in [0.1, 0.15) is 31.4 Å². The molecule has 1 heterocycles. The van der Waals surface area contributed by atoms with E-state index in [1.807, 2.05) is 50.8 Å². The molecule has 1 aromatic rings. The number of carbonyl (C=O) groups is 2. The van der Waals surface area contributed by atoms with Crippen molar-refractivity contribution in [2.45, 2.75) is 34.1 Å². The van der Waals surface area contributed by atoms with Crippen LogP contribution in [0.5, 0.6) is 5.75 Å². The fraction of sp³-hybridized carbons (Fsp3) is 0.579. The largest absolute Gasteiger partial charge is 0.483 e. The number of ether oxygens (including phenoxy) is 1. The van der Waals surface area contributed by atoms with Gasteiger partial charge in [0, 0.05) is 32.1 Å². The Kier molecular flexibility index (Phi) is 6.23. The number of benzene rings is 1. The highest BCUT2D eigenvalue weighted by Gasteiger charge is 2.23. The van der Waals surface area contributed by atoms with Gasteiger partial charge in [-0.05, 0) is 37.5 Å². The predicted molar refractivity (Wildman–Crippen MR) is 94.0 cm³/mol. The molecule has 1 saturated heterocycles. The first kappa shape index (κ1) is 18.3. The predicted octanol–water partition coefficient (Wildman–Crippen LogP) is 2.40. The van der Waals surface area contributed by atoms with Crippen LogP contribution in [0.25, 0.3) is 0 Å². The summed E-state index contributed by atoms with van der Waals surface area (Å²) in [5, 5.41) is 0. The SMILES string of the molecule is Cc1cccc(OCC(=O)N2CCCN(C(=O)C(C)C)CC2)c1C. The lowest BCUT2D eigenvalue weighted by Crippen LogP contribution is -2.40. The quantitative estimate of drug-likeness (QED) is 0.851. The molecule has 0 spiro atoms. The van der Waals surface area contributed by atoms with Gasteiger partial charge in [-0.2, -0.15) is 0 Å². The van der Waals surface area contributed by atoms with Gasteiger partial charge in [0.25, 0.3) is 5.91 Å². The van der Waals surface area contributed by atoms with Gasteiger partial charge in [-0.15, -0.1) is 0 Å². The highest BCUT2D eigenvalue weighted by Crippen LogP contribution is 2.20. The summed E-state index contributed by atoms with van der Waals surface area (Å²) in [4.78, 5) is 28.2. The highest BCUT2D eigenvalue weighted by atomic mass is 16.5. The molecule has 0 bridgehead atoms. The van der Waals surface area contributed by atoms with Crippen molar-refractivity contribution in [3.05, 3.63) is 29.3 Å². The minimum atomic E-state index is -0.0187. The number of hydrogen-bond donors (Lipinski definition) is 0. The van der Waals surface area contributed by atoms with Crippen LogP contribution in [0.3, 0.4) is 0 Å². The van der Waals surface area contributed by atoms with Crippen LogP contribution in [-0.4, -0.2) is 54.4 Å². The van der Waals surface area contributed by atoms with Crippen LogP contribution in [0.2, 0.25) is 0 Å². The molecule has 2 amide bonds. The topological polar surface area (TPSA) is 49.9 Å². The zero-order chi connectivity index (χ0) is 17.7. The number of nitrogens with zero attached hydrogens (tertiary/aromatic N) is 2. The van der Waals surface area contributed by atoms with Crippen molar-refractivity contribution in [3.63, 3.8) is 0 Å². The van der Waals surface area contributed by atoms with E-state index in [-0.39, 0.29) is 24.3 Å². The zero-order valence-corrected chi connectivity index (χ0v) is 15.2. The molecule has 0 N–H and O–H groups in total. The Morgan fingerprint density at radius 1 is 1.08 bits per heavy atom. The molecule has 1 aliphatic rings. The molecule has 0 unspecified atom stereocenters. The van der Waals surface area contributed by atoms with Crippen molar-refractivity contribution >= 4 is 11.8 Å². The Morgan fingerprint density at radius 2 is 1.75 bits per heavy atom. The summed E-state index contributed by atoms with van der Waals surface area (Å²) in [5.74, 6) is 0.903. The molecule has 5 heteroatoms. The molecular formula is C19H28N2O3. The van der Waals surface area contributed by atoms with Gasteiger partial charge >= 0.3 is 0 Å². The molecule has 1 aromatic carbocycles. The second-order valence-corrected chi connectivity index (χ2v) is 6.70. The van der Waals surface area contributed by atoms with E-state index < -0.39 is 0 Å². The second-order valence-electron chi connectivity index (χ2n) is 6.70. The Hall–Kier alpha value is -2.04. The van der Waals surface area contributed by atoms with E-state index in [0.29, 0.717) is 19.6 Å². The number of hydrogen-bond acceptors (Lipinski definition) is 3. The first-order valence-electron chi connectivity index (χ1n) is 8.65. The molecule has 132 valence electrons. The van der Waals surface area contributed by atoms with Crippen molar-refractivity contribution in [3.8, 4) is 5.75 Å². The molecule has 1 aliphatic heterocycles. The van der Waals surface area contributed by atoms with Crippen molar-refractivity contribution in [2.75, 3.05) is 32.8 Å². The molecule has 0 aromatic heterocycles. The van der Waals surface area contributed by atoms with E-state index in [0.717, 1.165) is 29.8 Å². The fourth-order valence-corrected chi connectivity index (χ4v) is 2.86. The summed E-state index contributed by atoms with van der Waals surface area (Å²) in [5.41, 5.74) is 2.22. The third kappa shape index (κ3) is 4.49. The van der Waals surface area contributed by atoms with Crippen molar-refractivity contribution < 1.29 is 14.3 Å². The number of carbonyl (C=O) groups excluding carboxylic acids is 2. The molecule has 5 nitrogen and oxygen atoms in total. The maximum atomic E-state index is 12.4. The number of aryl methyl sites for hydroxylation is 1. The molecule has 0 atom stereocenters. The third-order valence-electron chi connectivity index (χ3n) is 4.56. The Morgan fingerprint density at radius 3 is 2.46 bits per heavy atom. The molecular weight excluding hydrogens is 304 g/mol. The lowest BCUT2D eigenvalue weighted by Gasteiger charge is -2.23. The normalized spacial score (nSPS) is 15.4. The van der Waals surface area contributed by atoms with Gasteiger partial charge in [0.1, 0.15) is 5.75 Å². The van der Waals surface area contributed by atoms with Gasteiger partial charge in [0.15, 0.2) is 6.61 Å². The minimum absolute atomic E-state index is 0.000111. The molecule has 2 rings (SSSR count). The van der Waals surface area contributed by atoms with Crippen LogP contribution in [-0.2, 0) is 9.59 Å². The minimum Gasteiger partial charge on any atom is -0.483 e. The average Bonchev–Trinajstić information content (AvgIpc) is 2.81. The summed E-state index contributed by atoms with van der Waals surface area (Å²) < 4.78 is 5.71. The summed E-state index contributed by atoms with van der Waals surface area (Å²) in [6, 6.07) is 5.85. The highest BCUT2D eigenvalue weighted by molar-refractivity contribution is 5.79. The maximum Gasteiger partial charge on any atom is 0.260 e. The van der Waals surface area contributed by atoms with Gasteiger partial charge in [-0.1, -0.05) is 26.0 Å². The first-order chi connectivity index (χ1) is 11.4. The Bertz CT molecular complexity index is 598. The van der Waals surface area contributed by atoms with Crippen molar-refractivity contribution in [1.29, 1.82) is 0 Å². The van der Waals surface area contributed by atoms with Gasteiger partial charge in [0.05, 0.1) is 0 Å².